The number of rotatable bonds is 1. The maximum absolute atomic E-state index is 13.2. The van der Waals surface area contributed by atoms with Crippen LogP contribution in [0.5, 0.6) is 0 Å². The summed E-state index contributed by atoms with van der Waals surface area (Å²) in [6.07, 6.45) is -4.86. The molecular formula is C13H6Cl3F3N4O. The average molecular weight is 398 g/mol. The molecule has 2 aromatic heterocycles. The number of aryl methyl sites for hydroxylation is 1. The van der Waals surface area contributed by atoms with E-state index in [1.165, 1.54) is 19.1 Å². The summed E-state index contributed by atoms with van der Waals surface area (Å²) >= 11 is 17.9. The molecule has 0 aliphatic carbocycles. The monoisotopic (exact) mass is 396 g/mol. The van der Waals surface area contributed by atoms with Crippen LogP contribution in [0.25, 0.3) is 16.7 Å². The summed E-state index contributed by atoms with van der Waals surface area (Å²) in [7, 11) is 0. The minimum absolute atomic E-state index is 0.0367. The van der Waals surface area contributed by atoms with Gasteiger partial charge in [0.2, 0.25) is 0 Å². The molecule has 0 aliphatic rings. The fourth-order valence-electron chi connectivity index (χ4n) is 2.23. The summed E-state index contributed by atoms with van der Waals surface area (Å²) in [5.74, 6) is 0.114. The van der Waals surface area contributed by atoms with Gasteiger partial charge in [-0.1, -0.05) is 34.8 Å². The maximum Gasteiger partial charge on any atom is 0.436 e. The first kappa shape index (κ1) is 17.1. The van der Waals surface area contributed by atoms with Gasteiger partial charge in [0.05, 0.1) is 10.0 Å². The highest BCUT2D eigenvalue weighted by atomic mass is 35.5. The summed E-state index contributed by atoms with van der Waals surface area (Å²) in [4.78, 5) is 18.2. The average Bonchev–Trinajstić information content (AvgIpc) is 2.77. The van der Waals surface area contributed by atoms with E-state index in [0.717, 1.165) is 4.68 Å². The highest BCUT2D eigenvalue weighted by molar-refractivity contribution is 6.40. The predicted octanol–water partition coefficient (Wildman–Crippen LogP) is 4.40. The van der Waals surface area contributed by atoms with Crippen molar-refractivity contribution in [2.45, 2.75) is 13.1 Å². The maximum atomic E-state index is 13.2. The van der Waals surface area contributed by atoms with Crippen LogP contribution in [0.2, 0.25) is 15.1 Å². The molecule has 11 heteroatoms. The summed E-state index contributed by atoms with van der Waals surface area (Å²) in [5, 5.41) is 2.91. The minimum atomic E-state index is -4.86. The lowest BCUT2D eigenvalue weighted by Crippen LogP contribution is -2.14. The highest BCUT2D eigenvalue weighted by Crippen LogP contribution is 2.37. The van der Waals surface area contributed by atoms with Gasteiger partial charge in [0, 0.05) is 5.02 Å². The molecule has 0 saturated carbocycles. The van der Waals surface area contributed by atoms with Crippen LogP contribution >= 0.6 is 34.8 Å². The van der Waals surface area contributed by atoms with Crippen molar-refractivity contribution in [3.8, 4) is 5.69 Å². The molecule has 0 amide bonds. The first-order valence-corrected chi connectivity index (χ1v) is 7.44. The van der Waals surface area contributed by atoms with Gasteiger partial charge in [-0.3, -0.25) is 4.79 Å². The van der Waals surface area contributed by atoms with Gasteiger partial charge in [0.25, 0.3) is 5.56 Å². The van der Waals surface area contributed by atoms with Crippen LogP contribution in [-0.2, 0) is 6.18 Å². The SMILES string of the molecule is Cc1nc2c(c(C(F)(F)F)nn2-c2c(Cl)cc(Cl)cc2Cl)c(=O)[nH]1. The molecule has 0 unspecified atom stereocenters. The molecule has 0 atom stereocenters. The number of aromatic nitrogens is 4. The minimum Gasteiger partial charge on any atom is -0.310 e. The van der Waals surface area contributed by atoms with Gasteiger partial charge in [-0.05, 0) is 19.1 Å². The van der Waals surface area contributed by atoms with Gasteiger partial charge in [-0.25, -0.2) is 9.67 Å². The van der Waals surface area contributed by atoms with Crippen molar-refractivity contribution >= 4 is 45.8 Å². The Balaban J connectivity index is 2.49. The largest absolute Gasteiger partial charge is 0.436 e. The zero-order valence-electron chi connectivity index (χ0n) is 11.7. The van der Waals surface area contributed by atoms with E-state index in [0.29, 0.717) is 0 Å². The third kappa shape index (κ3) is 2.74. The number of benzene rings is 1. The summed E-state index contributed by atoms with van der Waals surface area (Å²) < 4.78 is 40.5. The molecule has 1 aromatic carbocycles. The Labute approximate surface area is 147 Å². The highest BCUT2D eigenvalue weighted by Gasteiger charge is 2.39. The Bertz CT molecular complexity index is 1000. The second-order valence-corrected chi connectivity index (χ2v) is 6.08. The summed E-state index contributed by atoms with van der Waals surface area (Å²) in [6, 6.07) is 2.59. The molecule has 0 saturated heterocycles. The molecule has 0 radical (unpaired) electrons. The zero-order chi connectivity index (χ0) is 17.8. The van der Waals surface area contributed by atoms with E-state index in [2.05, 4.69) is 15.1 Å². The Morgan fingerprint density at radius 3 is 2.29 bits per heavy atom. The number of nitrogens with one attached hydrogen (secondary N) is 1. The number of halogens is 6. The third-order valence-electron chi connectivity index (χ3n) is 3.12. The standard InChI is InChI=1S/C13H6Cl3F3N4O/c1-4-20-11-8(12(24)21-4)10(13(17,18)19)22-23(11)9-6(15)2-5(14)3-7(9)16/h2-3H,1H3,(H,20,21,24). The van der Waals surface area contributed by atoms with E-state index in [4.69, 9.17) is 34.8 Å². The van der Waals surface area contributed by atoms with Crippen LogP contribution in [0.4, 0.5) is 13.2 Å². The molecule has 126 valence electrons. The van der Waals surface area contributed by atoms with Crippen LogP contribution in [0, 0.1) is 6.92 Å². The fraction of sp³-hybridized carbons (Fsp3) is 0.154. The van der Waals surface area contributed by atoms with Gasteiger partial charge in [0.15, 0.2) is 11.3 Å². The number of hydrogen-bond donors (Lipinski definition) is 1. The molecule has 1 N–H and O–H groups in total. The number of aromatic amines is 1. The summed E-state index contributed by atoms with van der Waals surface area (Å²) in [5.41, 5.74) is -2.71. The molecule has 0 spiro atoms. The molecule has 5 nitrogen and oxygen atoms in total. The van der Waals surface area contributed by atoms with E-state index in [1.807, 2.05) is 0 Å². The predicted molar refractivity (Wildman–Crippen MR) is 84.3 cm³/mol. The van der Waals surface area contributed by atoms with Gasteiger partial charge in [-0.15, -0.1) is 0 Å². The van der Waals surface area contributed by atoms with Crippen molar-refractivity contribution < 1.29 is 13.2 Å². The van der Waals surface area contributed by atoms with Gasteiger partial charge < -0.3 is 4.98 Å². The molecule has 3 rings (SSSR count). The zero-order valence-corrected chi connectivity index (χ0v) is 13.9. The lowest BCUT2D eigenvalue weighted by atomic mass is 10.3. The quantitative estimate of drug-likeness (QED) is 0.662. The van der Waals surface area contributed by atoms with Crippen molar-refractivity contribution in [1.29, 1.82) is 0 Å². The molecular weight excluding hydrogens is 392 g/mol. The molecule has 0 bridgehead atoms. The number of hydrogen-bond acceptors (Lipinski definition) is 3. The van der Waals surface area contributed by atoms with Crippen molar-refractivity contribution in [1.82, 2.24) is 19.7 Å². The van der Waals surface area contributed by atoms with E-state index in [-0.39, 0.29) is 32.2 Å². The normalized spacial score (nSPS) is 12.1. The molecule has 24 heavy (non-hydrogen) atoms. The molecule has 0 fully saturated rings. The Hall–Kier alpha value is -1.77. The number of fused-ring (bicyclic) bond motifs is 1. The fourth-order valence-corrected chi connectivity index (χ4v) is 3.20. The van der Waals surface area contributed by atoms with Crippen LogP contribution in [0.15, 0.2) is 16.9 Å². The van der Waals surface area contributed by atoms with Crippen molar-refractivity contribution in [3.63, 3.8) is 0 Å². The molecule has 0 aliphatic heterocycles. The van der Waals surface area contributed by atoms with Crippen LogP contribution in [0.3, 0.4) is 0 Å². The lowest BCUT2D eigenvalue weighted by Gasteiger charge is -2.08. The Morgan fingerprint density at radius 1 is 1.17 bits per heavy atom. The van der Waals surface area contributed by atoms with E-state index >= 15 is 0 Å². The molecule has 3 aromatic rings. The van der Waals surface area contributed by atoms with Gasteiger partial charge >= 0.3 is 6.18 Å². The summed E-state index contributed by atoms with van der Waals surface area (Å²) in [6.45, 7) is 1.43. The topological polar surface area (TPSA) is 63.6 Å². The first-order chi connectivity index (χ1) is 11.1. The van der Waals surface area contributed by atoms with Crippen LogP contribution in [-0.4, -0.2) is 19.7 Å². The van der Waals surface area contributed by atoms with Gasteiger partial charge in [0.1, 0.15) is 16.9 Å². The van der Waals surface area contributed by atoms with E-state index < -0.39 is 22.8 Å². The lowest BCUT2D eigenvalue weighted by molar-refractivity contribution is -0.140. The Kier molecular flexibility index (Phi) is 4.01. The number of nitrogens with zero attached hydrogens (tertiary/aromatic N) is 3. The van der Waals surface area contributed by atoms with Gasteiger partial charge in [-0.2, -0.15) is 18.3 Å². The third-order valence-corrected chi connectivity index (χ3v) is 3.91. The van der Waals surface area contributed by atoms with Crippen LogP contribution in [0.1, 0.15) is 11.5 Å². The number of alkyl halides is 3. The smallest absolute Gasteiger partial charge is 0.310 e. The number of H-pyrrole nitrogens is 1. The molecule has 2 heterocycles. The van der Waals surface area contributed by atoms with E-state index in [1.54, 1.807) is 0 Å². The van der Waals surface area contributed by atoms with E-state index in [9.17, 15) is 18.0 Å². The Morgan fingerprint density at radius 2 is 1.75 bits per heavy atom. The van der Waals surface area contributed by atoms with Crippen molar-refractivity contribution in [2.75, 3.05) is 0 Å². The van der Waals surface area contributed by atoms with Crippen LogP contribution < -0.4 is 5.56 Å². The van der Waals surface area contributed by atoms with Crippen molar-refractivity contribution in [2.24, 2.45) is 0 Å². The van der Waals surface area contributed by atoms with Crippen molar-refractivity contribution in [3.05, 3.63) is 49.1 Å². The first-order valence-electron chi connectivity index (χ1n) is 6.31. The second kappa shape index (κ2) is 5.65. The second-order valence-electron chi connectivity index (χ2n) is 4.83.